The number of carboxylic acid groups (broad SMARTS) is 1. The molecule has 27 heavy (non-hydrogen) atoms. The molecule has 0 bridgehead atoms. The van der Waals surface area contributed by atoms with Crippen LogP contribution in [0.2, 0.25) is 0 Å². The molecule has 2 aromatic rings. The van der Waals surface area contributed by atoms with Crippen molar-refractivity contribution in [1.29, 1.82) is 0 Å². The number of carbonyl (C=O) groups is 2. The number of methoxy groups -OCH3 is 1. The second-order valence-corrected chi connectivity index (χ2v) is 7.05. The minimum atomic E-state index is -1.19. The number of hydrogen-bond donors (Lipinski definition) is 1. The van der Waals surface area contributed by atoms with Gasteiger partial charge in [0.2, 0.25) is 5.91 Å². The van der Waals surface area contributed by atoms with Gasteiger partial charge in [-0.3, -0.25) is 4.79 Å². The molecule has 1 aliphatic heterocycles. The van der Waals surface area contributed by atoms with Crippen molar-refractivity contribution < 1.29 is 24.5 Å². The number of rotatable bonds is 7. The van der Waals surface area contributed by atoms with E-state index >= 15 is 0 Å². The molecule has 3 rings (SSSR count). The van der Waals surface area contributed by atoms with Crippen LogP contribution < -0.4 is 9.84 Å². The number of aliphatic carboxylic acids is 1. The number of para-hydroxylation sites is 1. The summed E-state index contributed by atoms with van der Waals surface area (Å²) >= 11 is 1.52. The van der Waals surface area contributed by atoms with Gasteiger partial charge >= 0.3 is 0 Å². The number of ether oxygens (including phenoxy) is 1. The molecule has 0 saturated carbocycles. The lowest BCUT2D eigenvalue weighted by Gasteiger charge is -2.23. The van der Waals surface area contributed by atoms with Crippen LogP contribution in [0, 0.1) is 0 Å². The first-order chi connectivity index (χ1) is 13.0. The number of carboxylic acids is 1. The second-order valence-electron chi connectivity index (χ2n) is 6.11. The third-order valence-corrected chi connectivity index (χ3v) is 5.27. The fourth-order valence-electron chi connectivity index (χ4n) is 3.05. The predicted octanol–water partition coefficient (Wildman–Crippen LogP) is 2.06. The van der Waals surface area contributed by atoms with Crippen molar-refractivity contribution in [3.8, 4) is 11.5 Å². The van der Waals surface area contributed by atoms with Crippen molar-refractivity contribution in [2.45, 2.75) is 31.7 Å². The Morgan fingerprint density at radius 3 is 2.81 bits per heavy atom. The summed E-state index contributed by atoms with van der Waals surface area (Å²) < 4.78 is 5.17. The molecule has 1 aromatic carbocycles. The van der Waals surface area contributed by atoms with E-state index in [9.17, 15) is 19.8 Å². The zero-order chi connectivity index (χ0) is 19.4. The highest BCUT2D eigenvalue weighted by atomic mass is 32.1. The summed E-state index contributed by atoms with van der Waals surface area (Å²) in [5, 5.41) is 28.9. The van der Waals surface area contributed by atoms with Crippen LogP contribution in [0.1, 0.15) is 42.2 Å². The number of phenols is 1. The normalized spacial score (nSPS) is 16.3. The zero-order valence-corrected chi connectivity index (χ0v) is 15.6. The van der Waals surface area contributed by atoms with Crippen LogP contribution in [-0.4, -0.2) is 34.8 Å². The van der Waals surface area contributed by atoms with Crippen LogP contribution in [0.3, 0.4) is 0 Å². The molecular weight excluding hydrogens is 368 g/mol. The second kappa shape index (κ2) is 8.22. The van der Waals surface area contributed by atoms with Gasteiger partial charge in [-0.1, -0.05) is 18.2 Å². The molecule has 1 N–H and O–H groups in total. The van der Waals surface area contributed by atoms with Crippen LogP contribution in [0.25, 0.3) is 0 Å². The molecule has 0 spiro atoms. The first kappa shape index (κ1) is 18.9. The monoisotopic (exact) mass is 387 g/mol. The van der Waals surface area contributed by atoms with Gasteiger partial charge < -0.3 is 19.7 Å². The van der Waals surface area contributed by atoms with Crippen molar-refractivity contribution in [2.75, 3.05) is 7.11 Å². The lowest BCUT2D eigenvalue weighted by Crippen LogP contribution is -2.28. The summed E-state index contributed by atoms with van der Waals surface area (Å²) in [6.07, 6.45) is 0.485. The molecule has 2 heterocycles. The number of carbonyl (C=O) groups excluding carboxylic acids is 2. The molecule has 142 valence electrons. The van der Waals surface area contributed by atoms with Crippen molar-refractivity contribution >= 4 is 28.9 Å². The van der Waals surface area contributed by atoms with Gasteiger partial charge in [-0.05, 0) is 30.4 Å². The van der Waals surface area contributed by atoms with Crippen LogP contribution in [0.15, 0.2) is 40.8 Å². The smallest absolute Gasteiger partial charge is 0.243 e. The number of nitrogens with zero attached hydrogens (tertiary/aromatic N) is 2. The number of aromatic hydroxyl groups is 1. The molecule has 0 saturated heterocycles. The maximum atomic E-state index is 12.7. The van der Waals surface area contributed by atoms with E-state index in [2.05, 4.69) is 5.10 Å². The van der Waals surface area contributed by atoms with E-state index in [1.807, 2.05) is 17.5 Å². The van der Waals surface area contributed by atoms with Gasteiger partial charge in [-0.25, -0.2) is 5.01 Å². The van der Waals surface area contributed by atoms with E-state index in [-0.39, 0.29) is 30.9 Å². The Morgan fingerprint density at radius 1 is 1.33 bits per heavy atom. The maximum absolute atomic E-state index is 12.7. The highest BCUT2D eigenvalue weighted by Gasteiger charge is 2.35. The van der Waals surface area contributed by atoms with Crippen LogP contribution >= 0.6 is 11.3 Å². The minimum Gasteiger partial charge on any atom is -0.550 e. The highest BCUT2D eigenvalue weighted by molar-refractivity contribution is 7.12. The Balaban J connectivity index is 1.89. The van der Waals surface area contributed by atoms with E-state index < -0.39 is 12.0 Å². The SMILES string of the molecule is COc1cccc([C@H]2CC(c3cccs3)=NN2C(=O)CCCC(=O)[O-])c1O. The highest BCUT2D eigenvalue weighted by Crippen LogP contribution is 2.41. The van der Waals surface area contributed by atoms with Crippen LogP contribution in [-0.2, 0) is 9.59 Å². The number of hydrazone groups is 1. The van der Waals surface area contributed by atoms with Gasteiger partial charge in [0.15, 0.2) is 11.5 Å². The Hall–Kier alpha value is -2.87. The average Bonchev–Trinajstić information content (AvgIpc) is 3.31. The molecular formula is C19H19N2O5S-. The lowest BCUT2D eigenvalue weighted by atomic mass is 9.99. The number of phenolic OH excluding ortho intramolecular Hbond substituents is 1. The van der Waals surface area contributed by atoms with Crippen LogP contribution in [0.4, 0.5) is 0 Å². The Morgan fingerprint density at radius 2 is 2.15 bits per heavy atom. The predicted molar refractivity (Wildman–Crippen MR) is 98.6 cm³/mol. The zero-order valence-electron chi connectivity index (χ0n) is 14.8. The Kier molecular flexibility index (Phi) is 5.75. The molecule has 0 aliphatic carbocycles. The molecule has 7 nitrogen and oxygen atoms in total. The number of benzene rings is 1. The fraction of sp³-hybridized carbons (Fsp3) is 0.316. The summed E-state index contributed by atoms with van der Waals surface area (Å²) in [5.41, 5.74) is 1.29. The molecule has 1 aliphatic rings. The van der Waals surface area contributed by atoms with Gasteiger partial charge in [-0.15, -0.1) is 11.3 Å². The van der Waals surface area contributed by atoms with E-state index in [0.29, 0.717) is 17.7 Å². The fourth-order valence-corrected chi connectivity index (χ4v) is 3.77. The quantitative estimate of drug-likeness (QED) is 0.783. The van der Waals surface area contributed by atoms with Crippen molar-refractivity contribution in [1.82, 2.24) is 5.01 Å². The number of thiophene rings is 1. The van der Waals surface area contributed by atoms with Crippen molar-refractivity contribution in [3.05, 3.63) is 46.2 Å². The molecule has 1 atom stereocenters. The molecule has 0 unspecified atom stereocenters. The van der Waals surface area contributed by atoms with Gasteiger partial charge in [0, 0.05) is 24.4 Å². The Labute approximate surface area is 160 Å². The summed E-state index contributed by atoms with van der Waals surface area (Å²) in [5.74, 6) is -1.19. The molecule has 0 fully saturated rings. The molecule has 1 amide bonds. The van der Waals surface area contributed by atoms with Gasteiger partial charge in [0.05, 0.1) is 23.7 Å². The summed E-state index contributed by atoms with van der Waals surface area (Å²) in [4.78, 5) is 24.2. The first-order valence-electron chi connectivity index (χ1n) is 8.50. The minimum absolute atomic E-state index is 0.0276. The number of hydrogen-bond acceptors (Lipinski definition) is 7. The molecule has 0 radical (unpaired) electrons. The Bertz CT molecular complexity index is 863. The van der Waals surface area contributed by atoms with Crippen LogP contribution in [0.5, 0.6) is 11.5 Å². The number of amides is 1. The third kappa shape index (κ3) is 4.11. The van der Waals surface area contributed by atoms with E-state index in [1.54, 1.807) is 18.2 Å². The average molecular weight is 387 g/mol. The third-order valence-electron chi connectivity index (χ3n) is 4.35. The largest absolute Gasteiger partial charge is 0.550 e. The van der Waals surface area contributed by atoms with Gasteiger partial charge in [-0.2, -0.15) is 5.10 Å². The summed E-state index contributed by atoms with van der Waals surface area (Å²) in [7, 11) is 1.46. The molecule has 8 heteroatoms. The van der Waals surface area contributed by atoms with E-state index in [0.717, 1.165) is 10.6 Å². The maximum Gasteiger partial charge on any atom is 0.243 e. The van der Waals surface area contributed by atoms with E-state index in [4.69, 9.17) is 4.74 Å². The first-order valence-corrected chi connectivity index (χ1v) is 9.38. The summed E-state index contributed by atoms with van der Waals surface area (Å²) in [6, 6.07) is 8.47. The topological polar surface area (TPSA) is 102 Å². The van der Waals surface area contributed by atoms with Crippen molar-refractivity contribution in [3.63, 3.8) is 0 Å². The summed E-state index contributed by atoms with van der Waals surface area (Å²) in [6.45, 7) is 0. The van der Waals surface area contributed by atoms with Gasteiger partial charge in [0.1, 0.15) is 0 Å². The standard InChI is InChI=1S/C19H20N2O5S/c1-26-15-6-2-5-12(19(15)25)14-11-13(16-7-4-10-27-16)20-21(14)17(22)8-3-9-18(23)24/h2,4-7,10,14,25H,3,8-9,11H2,1H3,(H,23,24)/p-1/t14-/m1/s1. The van der Waals surface area contributed by atoms with E-state index in [1.165, 1.54) is 23.5 Å². The lowest BCUT2D eigenvalue weighted by molar-refractivity contribution is -0.305. The van der Waals surface area contributed by atoms with Gasteiger partial charge in [0.25, 0.3) is 0 Å². The molecule has 1 aromatic heterocycles. The van der Waals surface area contributed by atoms with Crippen molar-refractivity contribution in [2.24, 2.45) is 5.10 Å².